The standard InChI is InChI=1S/2C2H2O4.BH3O3.Na.H/c2*3-1(4)2(5)6;2-1(3)4;;/h2*(H,3,4)(H,5,6);2-4H;;. The molecule has 0 amide bonds. The molecule has 0 aromatic heterocycles. The zero-order valence-electron chi connectivity index (χ0n) is 7.34. The molecule has 0 unspecified atom stereocenters. The van der Waals surface area contributed by atoms with E-state index in [1.165, 1.54) is 0 Å². The second-order valence-electron chi connectivity index (χ2n) is 1.57. The van der Waals surface area contributed by atoms with Crippen LogP contribution in [0.25, 0.3) is 0 Å². The summed E-state index contributed by atoms with van der Waals surface area (Å²) in [5.74, 6) is -7.30. The van der Waals surface area contributed by atoms with Gasteiger partial charge in [0.15, 0.2) is 0 Å². The summed E-state index contributed by atoms with van der Waals surface area (Å²) in [5, 5.41) is 51.1. The molecule has 17 heavy (non-hydrogen) atoms. The summed E-state index contributed by atoms with van der Waals surface area (Å²) in [6.07, 6.45) is 0. The van der Waals surface area contributed by atoms with E-state index >= 15 is 0 Å². The van der Waals surface area contributed by atoms with E-state index in [-0.39, 0.29) is 29.6 Å². The SMILES string of the molecule is O=C(O)C(=O)O.O=C(O)C(=O)O.OB(O)O.[NaH]. The number of hydrogen-bond acceptors (Lipinski definition) is 7. The molecule has 0 heterocycles. The van der Waals surface area contributed by atoms with Gasteiger partial charge in [0, 0.05) is 0 Å². The fourth-order valence-corrected chi connectivity index (χ4v) is 0. The first-order valence-corrected chi connectivity index (χ1v) is 2.99. The Morgan fingerprint density at radius 1 is 0.588 bits per heavy atom. The topological polar surface area (TPSA) is 210 Å². The number of rotatable bonds is 0. The summed E-state index contributed by atoms with van der Waals surface area (Å²) in [7, 11) is -2.17. The van der Waals surface area contributed by atoms with Crippen molar-refractivity contribution < 1.29 is 54.7 Å². The van der Waals surface area contributed by atoms with Crippen molar-refractivity contribution in [3.05, 3.63) is 0 Å². The number of carboxylic acid groups (broad SMARTS) is 4. The molecule has 0 rings (SSSR count). The van der Waals surface area contributed by atoms with Crippen LogP contribution in [0, 0.1) is 0 Å². The van der Waals surface area contributed by atoms with Gasteiger partial charge in [0.05, 0.1) is 0 Å². The molecule has 0 saturated carbocycles. The summed E-state index contributed by atoms with van der Waals surface area (Å²) in [6.45, 7) is 0. The number of aliphatic carboxylic acids is 4. The Balaban J connectivity index is -0.0000000741. The van der Waals surface area contributed by atoms with Gasteiger partial charge in [-0.15, -0.1) is 0 Å². The van der Waals surface area contributed by atoms with Crippen LogP contribution < -0.4 is 0 Å². The van der Waals surface area contributed by atoms with Crippen molar-refractivity contribution in [1.82, 2.24) is 0 Å². The molecule has 0 aromatic rings. The van der Waals surface area contributed by atoms with E-state index in [4.69, 9.17) is 54.7 Å². The van der Waals surface area contributed by atoms with Gasteiger partial charge in [-0.3, -0.25) is 0 Å². The summed E-state index contributed by atoms with van der Waals surface area (Å²) in [5.41, 5.74) is 0. The van der Waals surface area contributed by atoms with E-state index in [9.17, 15) is 0 Å². The predicted molar refractivity (Wildman–Crippen MR) is 50.1 cm³/mol. The van der Waals surface area contributed by atoms with E-state index in [1.54, 1.807) is 0 Å². The van der Waals surface area contributed by atoms with Gasteiger partial charge < -0.3 is 35.5 Å². The van der Waals surface area contributed by atoms with Gasteiger partial charge in [-0.1, -0.05) is 0 Å². The normalized spacial score (nSPS) is 6.76. The van der Waals surface area contributed by atoms with E-state index in [0.717, 1.165) is 0 Å². The monoisotopic (exact) mass is 266 g/mol. The van der Waals surface area contributed by atoms with Crippen LogP contribution in [0.5, 0.6) is 0 Å². The Kier molecular flexibility index (Phi) is 21.7. The van der Waals surface area contributed by atoms with E-state index < -0.39 is 31.2 Å². The number of hydrogen-bond donors (Lipinski definition) is 7. The Hall–Kier alpha value is -1.18. The summed E-state index contributed by atoms with van der Waals surface area (Å²) in [4.78, 5) is 36.4. The minimum absolute atomic E-state index is 0. The molecule has 94 valence electrons. The fraction of sp³-hybridized carbons (Fsp3) is 0. The van der Waals surface area contributed by atoms with Crippen LogP contribution >= 0.6 is 0 Å². The van der Waals surface area contributed by atoms with Crippen molar-refractivity contribution in [2.45, 2.75) is 0 Å². The summed E-state index contributed by atoms with van der Waals surface area (Å²) in [6, 6.07) is 0. The van der Waals surface area contributed by atoms with Crippen molar-refractivity contribution in [1.29, 1.82) is 0 Å². The third-order valence-corrected chi connectivity index (χ3v) is 0.366. The number of carbonyl (C=O) groups is 4. The van der Waals surface area contributed by atoms with Gasteiger partial charge in [-0.2, -0.15) is 0 Å². The quantitative estimate of drug-likeness (QED) is 0.164. The third kappa shape index (κ3) is 52.3. The summed E-state index contributed by atoms with van der Waals surface area (Å²) < 4.78 is 0. The van der Waals surface area contributed by atoms with E-state index in [0.29, 0.717) is 0 Å². The minimum atomic E-state index is -2.17. The molecular weight excluding hydrogens is 258 g/mol. The zero-order chi connectivity index (χ0) is 13.9. The average molecular weight is 266 g/mol. The van der Waals surface area contributed by atoms with Crippen molar-refractivity contribution in [2.24, 2.45) is 0 Å². The number of carboxylic acids is 4. The maximum atomic E-state index is 9.10. The van der Waals surface area contributed by atoms with E-state index in [2.05, 4.69) is 0 Å². The Morgan fingerprint density at radius 3 is 0.647 bits per heavy atom. The Labute approximate surface area is 115 Å². The first kappa shape index (κ1) is 24.9. The van der Waals surface area contributed by atoms with Gasteiger partial charge in [0.25, 0.3) is 0 Å². The molecule has 0 bridgehead atoms. The van der Waals surface area contributed by atoms with Crippen LogP contribution in [0.3, 0.4) is 0 Å². The van der Waals surface area contributed by atoms with Crippen molar-refractivity contribution in [2.75, 3.05) is 0 Å². The van der Waals surface area contributed by atoms with Crippen LogP contribution in [0.4, 0.5) is 0 Å². The molecule has 0 radical (unpaired) electrons. The molecular formula is C4H8BNaO11. The van der Waals surface area contributed by atoms with Gasteiger partial charge in [0.2, 0.25) is 0 Å². The summed E-state index contributed by atoms with van der Waals surface area (Å²) >= 11 is 0. The Bertz CT molecular complexity index is 211. The van der Waals surface area contributed by atoms with Gasteiger partial charge in [-0.05, 0) is 0 Å². The van der Waals surface area contributed by atoms with E-state index in [1.807, 2.05) is 0 Å². The molecule has 0 fully saturated rings. The predicted octanol–water partition coefficient (Wildman–Crippen LogP) is -4.39. The van der Waals surface area contributed by atoms with Crippen LogP contribution in [-0.4, -0.2) is 96.3 Å². The van der Waals surface area contributed by atoms with Crippen molar-refractivity contribution in [3.63, 3.8) is 0 Å². The molecule has 0 atom stereocenters. The van der Waals surface area contributed by atoms with Gasteiger partial charge in [0.1, 0.15) is 0 Å². The fourth-order valence-electron chi connectivity index (χ4n) is 0. The molecule has 0 saturated heterocycles. The van der Waals surface area contributed by atoms with Crippen molar-refractivity contribution in [3.8, 4) is 0 Å². The van der Waals surface area contributed by atoms with Gasteiger partial charge in [-0.25, -0.2) is 19.2 Å². The second-order valence-corrected chi connectivity index (χ2v) is 1.57. The maximum absolute atomic E-state index is 9.10. The second kappa shape index (κ2) is 14.8. The molecule has 0 aromatic carbocycles. The van der Waals surface area contributed by atoms with Crippen LogP contribution in [-0.2, 0) is 19.2 Å². The first-order chi connectivity index (χ1) is 7.02. The molecule has 0 aliphatic carbocycles. The molecule has 0 spiro atoms. The average Bonchev–Trinajstić information content (AvgIpc) is 2.03. The molecule has 7 N–H and O–H groups in total. The van der Waals surface area contributed by atoms with Crippen LogP contribution in [0.15, 0.2) is 0 Å². The van der Waals surface area contributed by atoms with Gasteiger partial charge >= 0.3 is 60.8 Å². The molecule has 0 aliphatic heterocycles. The molecule has 0 aliphatic rings. The zero-order valence-corrected chi connectivity index (χ0v) is 7.34. The third-order valence-electron chi connectivity index (χ3n) is 0.366. The van der Waals surface area contributed by atoms with Crippen molar-refractivity contribution >= 4 is 60.8 Å². The molecule has 13 heteroatoms. The first-order valence-electron chi connectivity index (χ1n) is 2.99. The Morgan fingerprint density at radius 2 is 0.647 bits per heavy atom. The van der Waals surface area contributed by atoms with Crippen LogP contribution in [0.1, 0.15) is 0 Å². The van der Waals surface area contributed by atoms with Crippen LogP contribution in [0.2, 0.25) is 0 Å². The molecule has 11 nitrogen and oxygen atoms in total.